The van der Waals surface area contributed by atoms with Crippen LogP contribution in [0.1, 0.15) is 0 Å². The smallest absolute Gasteiger partial charge is 0.317 e. The van der Waals surface area contributed by atoms with Crippen molar-refractivity contribution in [3.05, 3.63) is 28.5 Å². The van der Waals surface area contributed by atoms with Crippen molar-refractivity contribution in [2.75, 3.05) is 31.5 Å². The molecule has 1 heterocycles. The predicted octanol–water partition coefficient (Wildman–Crippen LogP) is 2.03. The number of amides is 2. The van der Waals surface area contributed by atoms with E-state index in [2.05, 4.69) is 26.6 Å². The van der Waals surface area contributed by atoms with Crippen molar-refractivity contribution in [2.45, 2.75) is 0 Å². The minimum Gasteiger partial charge on any atom is -0.383 e. The van der Waals surface area contributed by atoms with Crippen molar-refractivity contribution >= 4 is 27.6 Å². The zero-order chi connectivity index (χ0) is 12.3. The zero-order valence-corrected chi connectivity index (χ0v) is 10.8. The van der Waals surface area contributed by atoms with Gasteiger partial charge in [0.05, 0.1) is 4.47 Å². The maximum atomic E-state index is 13.2. The molecule has 4 nitrogen and oxygen atoms in total. The Labute approximate surface area is 107 Å². The van der Waals surface area contributed by atoms with Gasteiger partial charge in [-0.25, -0.2) is 9.18 Å². The summed E-state index contributed by atoms with van der Waals surface area (Å²) in [7, 11) is 0. The van der Waals surface area contributed by atoms with Crippen LogP contribution in [0.5, 0.6) is 0 Å². The van der Waals surface area contributed by atoms with Gasteiger partial charge < -0.3 is 15.5 Å². The molecule has 92 valence electrons. The van der Waals surface area contributed by atoms with E-state index in [1.807, 2.05) is 0 Å². The van der Waals surface area contributed by atoms with Crippen molar-refractivity contribution in [1.82, 2.24) is 10.2 Å². The van der Waals surface area contributed by atoms with E-state index < -0.39 is 0 Å². The van der Waals surface area contributed by atoms with Crippen molar-refractivity contribution in [3.8, 4) is 0 Å². The van der Waals surface area contributed by atoms with Crippen molar-refractivity contribution in [3.63, 3.8) is 0 Å². The van der Waals surface area contributed by atoms with E-state index in [1.165, 1.54) is 6.07 Å². The van der Waals surface area contributed by atoms with Crippen LogP contribution < -0.4 is 10.6 Å². The Hall–Kier alpha value is -1.30. The topological polar surface area (TPSA) is 44.4 Å². The lowest BCUT2D eigenvalue weighted by molar-refractivity contribution is 0.219. The number of nitrogens with zero attached hydrogens (tertiary/aromatic N) is 1. The molecule has 0 aliphatic carbocycles. The van der Waals surface area contributed by atoms with Gasteiger partial charge in [0.15, 0.2) is 0 Å². The standard InChI is InChI=1S/C11H13BrFN3O/c12-9-2-1-8(7-10(9)13)14-3-5-16-6-4-15-11(16)17/h1-2,7,14H,3-6H2,(H,15,17). The minimum absolute atomic E-state index is 0.0335. The Bertz CT molecular complexity index is 427. The van der Waals surface area contributed by atoms with Gasteiger partial charge in [-0.1, -0.05) is 0 Å². The number of carbonyl (C=O) groups is 1. The van der Waals surface area contributed by atoms with Gasteiger partial charge in [0.25, 0.3) is 0 Å². The fourth-order valence-corrected chi connectivity index (χ4v) is 1.91. The van der Waals surface area contributed by atoms with Gasteiger partial charge in [-0.05, 0) is 34.1 Å². The number of nitrogens with one attached hydrogen (secondary N) is 2. The predicted molar refractivity (Wildman–Crippen MR) is 67.6 cm³/mol. The first-order chi connectivity index (χ1) is 8.16. The average molecular weight is 302 g/mol. The molecular weight excluding hydrogens is 289 g/mol. The Morgan fingerprint density at radius 1 is 1.53 bits per heavy atom. The Balaban J connectivity index is 1.81. The first-order valence-corrected chi connectivity index (χ1v) is 6.18. The molecular formula is C11H13BrFN3O. The van der Waals surface area contributed by atoms with E-state index in [1.54, 1.807) is 17.0 Å². The molecule has 0 unspecified atom stereocenters. The highest BCUT2D eigenvalue weighted by Gasteiger charge is 2.18. The van der Waals surface area contributed by atoms with Gasteiger partial charge in [-0.2, -0.15) is 0 Å². The highest BCUT2D eigenvalue weighted by molar-refractivity contribution is 9.10. The number of anilines is 1. The maximum absolute atomic E-state index is 13.2. The van der Waals surface area contributed by atoms with Crippen LogP contribution in [0.25, 0.3) is 0 Å². The van der Waals surface area contributed by atoms with Gasteiger partial charge >= 0.3 is 6.03 Å². The van der Waals surface area contributed by atoms with Crippen LogP contribution in [0.2, 0.25) is 0 Å². The van der Waals surface area contributed by atoms with Gasteiger partial charge in [0.1, 0.15) is 5.82 Å². The normalized spacial score (nSPS) is 14.9. The van der Waals surface area contributed by atoms with Crippen molar-refractivity contribution < 1.29 is 9.18 Å². The summed E-state index contributed by atoms with van der Waals surface area (Å²) in [5.74, 6) is -0.297. The molecule has 2 amide bonds. The minimum atomic E-state index is -0.297. The van der Waals surface area contributed by atoms with E-state index in [-0.39, 0.29) is 11.8 Å². The van der Waals surface area contributed by atoms with Crippen molar-refractivity contribution in [1.29, 1.82) is 0 Å². The van der Waals surface area contributed by atoms with Gasteiger partial charge in [0, 0.05) is 31.9 Å². The molecule has 0 spiro atoms. The molecule has 0 bridgehead atoms. The van der Waals surface area contributed by atoms with Crippen LogP contribution in [0.15, 0.2) is 22.7 Å². The highest BCUT2D eigenvalue weighted by Crippen LogP contribution is 2.19. The third-order valence-electron chi connectivity index (χ3n) is 2.58. The number of urea groups is 1. The summed E-state index contributed by atoms with van der Waals surface area (Å²) < 4.78 is 13.7. The summed E-state index contributed by atoms with van der Waals surface area (Å²) in [6.07, 6.45) is 0. The SMILES string of the molecule is O=C1NCCN1CCNc1ccc(Br)c(F)c1. The summed E-state index contributed by atoms with van der Waals surface area (Å²) in [4.78, 5) is 13.0. The largest absolute Gasteiger partial charge is 0.383 e. The van der Waals surface area contributed by atoms with Crippen LogP contribution in [0.3, 0.4) is 0 Å². The third kappa shape index (κ3) is 3.09. The first-order valence-electron chi connectivity index (χ1n) is 5.38. The number of hydrogen-bond donors (Lipinski definition) is 2. The molecule has 6 heteroatoms. The number of hydrogen-bond acceptors (Lipinski definition) is 2. The Kier molecular flexibility index (Phi) is 3.83. The molecule has 0 aromatic heterocycles. The van der Waals surface area contributed by atoms with Crippen LogP contribution in [-0.2, 0) is 0 Å². The number of rotatable bonds is 4. The Morgan fingerprint density at radius 3 is 3.00 bits per heavy atom. The molecule has 1 aliphatic rings. The highest BCUT2D eigenvalue weighted by atomic mass is 79.9. The van der Waals surface area contributed by atoms with E-state index in [0.29, 0.717) is 29.8 Å². The molecule has 2 rings (SSSR count). The molecule has 0 saturated carbocycles. The lowest BCUT2D eigenvalue weighted by atomic mass is 10.3. The van der Waals surface area contributed by atoms with Gasteiger partial charge in [-0.3, -0.25) is 0 Å². The molecule has 17 heavy (non-hydrogen) atoms. The zero-order valence-electron chi connectivity index (χ0n) is 9.17. The second kappa shape index (κ2) is 5.35. The number of carbonyl (C=O) groups excluding carboxylic acids is 1. The van der Waals surface area contributed by atoms with Crippen LogP contribution in [-0.4, -0.2) is 37.1 Å². The van der Waals surface area contributed by atoms with Crippen molar-refractivity contribution in [2.24, 2.45) is 0 Å². The molecule has 1 saturated heterocycles. The van der Waals surface area contributed by atoms with E-state index in [9.17, 15) is 9.18 Å². The van der Waals surface area contributed by atoms with Crippen LogP contribution in [0.4, 0.5) is 14.9 Å². The first kappa shape index (κ1) is 12.2. The van der Waals surface area contributed by atoms with Gasteiger partial charge in [0.2, 0.25) is 0 Å². The summed E-state index contributed by atoms with van der Waals surface area (Å²) in [5.41, 5.74) is 0.713. The summed E-state index contributed by atoms with van der Waals surface area (Å²) >= 11 is 3.10. The molecule has 1 fully saturated rings. The molecule has 1 aromatic carbocycles. The van der Waals surface area contributed by atoms with Crippen LogP contribution >= 0.6 is 15.9 Å². The average Bonchev–Trinajstić information content (AvgIpc) is 2.70. The summed E-state index contributed by atoms with van der Waals surface area (Å²) in [5, 5.41) is 5.81. The fraction of sp³-hybridized carbons (Fsp3) is 0.364. The molecule has 0 radical (unpaired) electrons. The fourth-order valence-electron chi connectivity index (χ4n) is 1.67. The maximum Gasteiger partial charge on any atom is 0.317 e. The molecule has 1 aromatic rings. The lowest BCUT2D eigenvalue weighted by Crippen LogP contribution is -2.32. The summed E-state index contributed by atoms with van der Waals surface area (Å²) in [6, 6.07) is 4.83. The third-order valence-corrected chi connectivity index (χ3v) is 3.22. The number of halogens is 2. The monoisotopic (exact) mass is 301 g/mol. The molecule has 1 aliphatic heterocycles. The van der Waals surface area contributed by atoms with E-state index in [4.69, 9.17) is 0 Å². The second-order valence-corrected chi connectivity index (χ2v) is 4.63. The lowest BCUT2D eigenvalue weighted by Gasteiger charge is -2.15. The molecule has 2 N–H and O–H groups in total. The number of benzene rings is 1. The summed E-state index contributed by atoms with van der Waals surface area (Å²) in [6.45, 7) is 2.65. The van der Waals surface area contributed by atoms with E-state index in [0.717, 1.165) is 6.54 Å². The van der Waals surface area contributed by atoms with Crippen LogP contribution in [0, 0.1) is 5.82 Å². The van der Waals surface area contributed by atoms with Gasteiger partial charge in [-0.15, -0.1) is 0 Å². The second-order valence-electron chi connectivity index (χ2n) is 3.77. The molecule has 0 atom stereocenters. The van der Waals surface area contributed by atoms with E-state index >= 15 is 0 Å². The quantitative estimate of drug-likeness (QED) is 0.894. The Morgan fingerprint density at radius 2 is 2.35 bits per heavy atom.